The Labute approximate surface area is 122 Å². The summed E-state index contributed by atoms with van der Waals surface area (Å²) in [4.78, 5) is 2.24. The molecule has 2 fully saturated rings. The lowest BCUT2D eigenvalue weighted by atomic mass is 10.2. The van der Waals surface area contributed by atoms with Crippen LogP contribution in [-0.4, -0.2) is 44.2 Å². The van der Waals surface area contributed by atoms with E-state index < -0.39 is 10.0 Å². The molecule has 1 saturated carbocycles. The average Bonchev–Trinajstić information content (AvgIpc) is 3.24. The Bertz CT molecular complexity index is 547. The molecule has 0 radical (unpaired) electrons. The summed E-state index contributed by atoms with van der Waals surface area (Å²) in [6, 6.07) is 8.16. The van der Waals surface area contributed by atoms with Crippen molar-refractivity contribution in [2.75, 3.05) is 31.1 Å². The lowest BCUT2D eigenvalue weighted by Gasteiger charge is -2.35. The van der Waals surface area contributed by atoms with Crippen LogP contribution in [0.4, 0.5) is 5.69 Å². The SMILES string of the molecule is O=S(=O)(C1CC1)N1CCN(c2ccc(Br)cc2)CC1. The monoisotopic (exact) mass is 344 g/mol. The lowest BCUT2D eigenvalue weighted by Crippen LogP contribution is -2.49. The zero-order valence-electron chi connectivity index (χ0n) is 10.6. The zero-order chi connectivity index (χ0) is 13.5. The molecule has 6 heteroatoms. The van der Waals surface area contributed by atoms with Gasteiger partial charge in [-0.05, 0) is 37.1 Å². The van der Waals surface area contributed by atoms with Crippen molar-refractivity contribution >= 4 is 31.6 Å². The van der Waals surface area contributed by atoms with E-state index in [4.69, 9.17) is 0 Å². The first-order chi connectivity index (χ1) is 9.07. The molecular formula is C13H17BrN2O2S. The van der Waals surface area contributed by atoms with Gasteiger partial charge in [0.1, 0.15) is 0 Å². The molecule has 0 atom stereocenters. The van der Waals surface area contributed by atoms with Gasteiger partial charge in [0.25, 0.3) is 0 Å². The van der Waals surface area contributed by atoms with Gasteiger partial charge in [-0.25, -0.2) is 8.42 Å². The maximum atomic E-state index is 12.1. The number of piperazine rings is 1. The van der Waals surface area contributed by atoms with Gasteiger partial charge >= 0.3 is 0 Å². The fourth-order valence-corrected chi connectivity index (χ4v) is 4.52. The van der Waals surface area contributed by atoms with Crippen molar-refractivity contribution in [2.45, 2.75) is 18.1 Å². The first kappa shape index (κ1) is 13.4. The van der Waals surface area contributed by atoms with Crippen molar-refractivity contribution in [3.8, 4) is 0 Å². The van der Waals surface area contributed by atoms with E-state index in [9.17, 15) is 8.42 Å². The molecule has 3 rings (SSSR count). The second-order valence-electron chi connectivity index (χ2n) is 5.11. The molecule has 4 nitrogen and oxygen atoms in total. The third-order valence-electron chi connectivity index (χ3n) is 3.74. The summed E-state index contributed by atoms with van der Waals surface area (Å²) in [6.07, 6.45) is 1.69. The number of sulfonamides is 1. The van der Waals surface area contributed by atoms with E-state index in [1.807, 2.05) is 12.1 Å². The Morgan fingerprint density at radius 3 is 2.11 bits per heavy atom. The summed E-state index contributed by atoms with van der Waals surface area (Å²) in [6.45, 7) is 2.75. The molecule has 0 spiro atoms. The molecule has 104 valence electrons. The van der Waals surface area contributed by atoms with Crippen molar-refractivity contribution in [1.82, 2.24) is 4.31 Å². The Hall–Kier alpha value is -0.590. The predicted octanol–water partition coefficient (Wildman–Crippen LogP) is 2.06. The summed E-state index contributed by atoms with van der Waals surface area (Å²) in [5, 5.41) is -0.0910. The first-order valence-corrected chi connectivity index (χ1v) is 8.86. The predicted molar refractivity (Wildman–Crippen MR) is 79.9 cm³/mol. The minimum absolute atomic E-state index is 0.0910. The number of rotatable bonds is 3. The second kappa shape index (κ2) is 5.07. The molecule has 1 aromatic carbocycles. The molecule has 0 unspecified atom stereocenters. The van der Waals surface area contributed by atoms with Crippen LogP contribution in [-0.2, 0) is 10.0 Å². The molecule has 1 aromatic rings. The van der Waals surface area contributed by atoms with Crippen LogP contribution in [0.5, 0.6) is 0 Å². The van der Waals surface area contributed by atoms with E-state index in [0.29, 0.717) is 13.1 Å². The molecule has 19 heavy (non-hydrogen) atoms. The Morgan fingerprint density at radius 2 is 1.58 bits per heavy atom. The van der Waals surface area contributed by atoms with Crippen molar-refractivity contribution < 1.29 is 8.42 Å². The molecule has 0 bridgehead atoms. The molecule has 0 amide bonds. The molecular weight excluding hydrogens is 328 g/mol. The van der Waals surface area contributed by atoms with Crippen LogP contribution < -0.4 is 4.90 Å². The number of nitrogens with zero attached hydrogens (tertiary/aromatic N) is 2. The quantitative estimate of drug-likeness (QED) is 0.842. The van der Waals surface area contributed by atoms with Gasteiger partial charge in [0.05, 0.1) is 5.25 Å². The highest BCUT2D eigenvalue weighted by atomic mass is 79.9. The van der Waals surface area contributed by atoms with Crippen LogP contribution in [0.3, 0.4) is 0 Å². The molecule has 0 aromatic heterocycles. The van der Waals surface area contributed by atoms with Gasteiger partial charge in [-0.3, -0.25) is 0 Å². The first-order valence-electron chi connectivity index (χ1n) is 6.57. The van der Waals surface area contributed by atoms with Gasteiger partial charge in [-0.15, -0.1) is 0 Å². The summed E-state index contributed by atoms with van der Waals surface area (Å²) >= 11 is 3.42. The molecule has 1 heterocycles. The van der Waals surface area contributed by atoms with Crippen LogP contribution in [0.15, 0.2) is 28.7 Å². The summed E-state index contributed by atoms with van der Waals surface area (Å²) < 4.78 is 27.0. The number of benzene rings is 1. The fraction of sp³-hybridized carbons (Fsp3) is 0.538. The van der Waals surface area contributed by atoms with Gasteiger partial charge in [0, 0.05) is 36.3 Å². The molecule has 1 aliphatic heterocycles. The van der Waals surface area contributed by atoms with Crippen molar-refractivity contribution in [3.63, 3.8) is 0 Å². The largest absolute Gasteiger partial charge is 0.369 e. The van der Waals surface area contributed by atoms with Crippen LogP contribution >= 0.6 is 15.9 Å². The van der Waals surface area contributed by atoms with E-state index in [-0.39, 0.29) is 5.25 Å². The Morgan fingerprint density at radius 1 is 1.00 bits per heavy atom. The van der Waals surface area contributed by atoms with Gasteiger partial charge in [-0.2, -0.15) is 4.31 Å². The lowest BCUT2D eigenvalue weighted by molar-refractivity contribution is 0.384. The van der Waals surface area contributed by atoms with Gasteiger partial charge in [-0.1, -0.05) is 15.9 Å². The standard InChI is InChI=1S/C13H17BrN2O2S/c14-11-1-3-12(4-2-11)15-7-9-16(10-8-15)19(17,18)13-5-6-13/h1-4,13H,5-10H2. The third kappa shape index (κ3) is 2.80. The smallest absolute Gasteiger partial charge is 0.217 e. The number of halogens is 1. The van der Waals surface area contributed by atoms with Gasteiger partial charge in [0.2, 0.25) is 10.0 Å². The molecule has 1 saturated heterocycles. The van der Waals surface area contributed by atoms with Crippen LogP contribution in [0, 0.1) is 0 Å². The van der Waals surface area contributed by atoms with E-state index >= 15 is 0 Å². The second-order valence-corrected chi connectivity index (χ2v) is 8.24. The fourth-order valence-electron chi connectivity index (χ4n) is 2.43. The number of anilines is 1. The highest BCUT2D eigenvalue weighted by molar-refractivity contribution is 9.10. The summed E-state index contributed by atoms with van der Waals surface area (Å²) in [5.41, 5.74) is 1.16. The third-order valence-corrected chi connectivity index (χ3v) is 6.66. The van der Waals surface area contributed by atoms with E-state index in [0.717, 1.165) is 36.1 Å². The van der Waals surface area contributed by atoms with Gasteiger partial charge in [0.15, 0.2) is 0 Å². The molecule has 0 N–H and O–H groups in total. The Balaban J connectivity index is 1.64. The highest BCUT2D eigenvalue weighted by Crippen LogP contribution is 2.31. The van der Waals surface area contributed by atoms with E-state index in [2.05, 4.69) is 33.0 Å². The van der Waals surface area contributed by atoms with Crippen LogP contribution in [0.25, 0.3) is 0 Å². The zero-order valence-corrected chi connectivity index (χ0v) is 13.0. The Kier molecular flexibility index (Phi) is 3.57. The number of hydrogen-bond donors (Lipinski definition) is 0. The normalized spacial score (nSPS) is 21.6. The summed E-state index contributed by atoms with van der Waals surface area (Å²) in [7, 11) is -3.00. The van der Waals surface area contributed by atoms with Crippen molar-refractivity contribution in [2.24, 2.45) is 0 Å². The molecule has 1 aliphatic carbocycles. The van der Waals surface area contributed by atoms with Crippen molar-refractivity contribution in [1.29, 1.82) is 0 Å². The topological polar surface area (TPSA) is 40.6 Å². The minimum Gasteiger partial charge on any atom is -0.369 e. The van der Waals surface area contributed by atoms with Gasteiger partial charge < -0.3 is 4.90 Å². The van der Waals surface area contributed by atoms with E-state index in [1.165, 1.54) is 0 Å². The van der Waals surface area contributed by atoms with E-state index in [1.54, 1.807) is 4.31 Å². The maximum Gasteiger partial charge on any atom is 0.217 e. The van der Waals surface area contributed by atoms with Crippen LogP contribution in [0.1, 0.15) is 12.8 Å². The molecule has 2 aliphatic rings. The average molecular weight is 345 g/mol. The highest BCUT2D eigenvalue weighted by Gasteiger charge is 2.40. The number of hydrogen-bond acceptors (Lipinski definition) is 3. The minimum atomic E-state index is -3.00. The van der Waals surface area contributed by atoms with Crippen LogP contribution in [0.2, 0.25) is 0 Å². The van der Waals surface area contributed by atoms with Crippen molar-refractivity contribution in [3.05, 3.63) is 28.7 Å². The summed E-state index contributed by atoms with van der Waals surface area (Å²) in [5.74, 6) is 0. The maximum absolute atomic E-state index is 12.1.